The second kappa shape index (κ2) is 13.9. The monoisotopic (exact) mass is 561 g/mol. The van der Waals surface area contributed by atoms with Gasteiger partial charge in [-0.2, -0.15) is 0 Å². The summed E-state index contributed by atoms with van der Waals surface area (Å²) < 4.78 is 5.22. The van der Waals surface area contributed by atoms with E-state index in [9.17, 15) is 14.4 Å². The number of carbonyl (C=O) groups is 3. The van der Waals surface area contributed by atoms with Gasteiger partial charge in [-0.05, 0) is 61.7 Å². The molecule has 0 bridgehead atoms. The number of amides is 3. The molecular weight excluding hydrogens is 518 g/mol. The Bertz CT molecular complexity index is 1200. The molecule has 3 fully saturated rings. The second-order valence-electron chi connectivity index (χ2n) is 11.3. The number of ether oxygens (including phenoxy) is 1. The molecule has 3 amide bonds. The minimum atomic E-state index is 0.00219. The number of piperazine rings is 1. The molecule has 1 saturated carbocycles. The lowest BCUT2D eigenvalue weighted by molar-refractivity contribution is -0.130. The van der Waals surface area contributed by atoms with Crippen LogP contribution in [0.1, 0.15) is 54.4 Å². The van der Waals surface area contributed by atoms with Crippen LogP contribution in [0.5, 0.6) is 5.75 Å². The molecule has 2 aromatic carbocycles. The molecule has 0 radical (unpaired) electrons. The lowest BCUT2D eigenvalue weighted by Gasteiger charge is -2.37. The van der Waals surface area contributed by atoms with Gasteiger partial charge in [0.25, 0.3) is 5.91 Å². The summed E-state index contributed by atoms with van der Waals surface area (Å²) in [6.07, 6.45) is 6.46. The number of carbonyl (C=O) groups excluding carboxylic acids is 3. The topological polar surface area (TPSA) is 94.2 Å². The van der Waals surface area contributed by atoms with Gasteiger partial charge in [0.2, 0.25) is 11.8 Å². The van der Waals surface area contributed by atoms with E-state index in [1.165, 1.54) is 6.42 Å². The van der Waals surface area contributed by atoms with Crippen LogP contribution in [0.15, 0.2) is 42.5 Å². The first-order chi connectivity index (χ1) is 20.0. The number of nitrogens with zero attached hydrogens (tertiary/aromatic N) is 3. The Hall–Kier alpha value is -3.59. The van der Waals surface area contributed by atoms with E-state index in [0.717, 1.165) is 68.7 Å². The van der Waals surface area contributed by atoms with Crippen LogP contribution in [0, 0.1) is 5.92 Å². The predicted molar refractivity (Wildman–Crippen MR) is 161 cm³/mol. The van der Waals surface area contributed by atoms with E-state index in [0.29, 0.717) is 50.4 Å². The fourth-order valence-corrected chi connectivity index (χ4v) is 6.10. The molecule has 2 aliphatic heterocycles. The number of methoxy groups -OCH3 is 1. The van der Waals surface area contributed by atoms with Gasteiger partial charge in [-0.3, -0.25) is 14.4 Å². The highest BCUT2D eigenvalue weighted by Crippen LogP contribution is 2.31. The van der Waals surface area contributed by atoms with Crippen molar-refractivity contribution >= 4 is 29.1 Å². The highest BCUT2D eigenvalue weighted by molar-refractivity contribution is 6.00. The van der Waals surface area contributed by atoms with Crippen LogP contribution < -0.4 is 20.3 Å². The zero-order chi connectivity index (χ0) is 28.6. The van der Waals surface area contributed by atoms with E-state index >= 15 is 0 Å². The summed E-state index contributed by atoms with van der Waals surface area (Å²) in [5, 5.41) is 6.56. The van der Waals surface area contributed by atoms with Gasteiger partial charge in [0.15, 0.2) is 0 Å². The molecule has 2 saturated heterocycles. The first kappa shape index (κ1) is 28.9. The van der Waals surface area contributed by atoms with Gasteiger partial charge in [0.1, 0.15) is 5.75 Å². The van der Waals surface area contributed by atoms with E-state index < -0.39 is 0 Å². The largest absolute Gasteiger partial charge is 0.497 e. The Labute approximate surface area is 243 Å². The predicted octanol–water partition coefficient (Wildman–Crippen LogP) is 3.54. The van der Waals surface area contributed by atoms with Crippen LogP contribution in [0.3, 0.4) is 0 Å². The number of hydrogen-bond donors (Lipinski definition) is 2. The molecule has 2 aromatic rings. The summed E-state index contributed by atoms with van der Waals surface area (Å²) in [6.45, 7) is 5.63. The van der Waals surface area contributed by atoms with Crippen LogP contribution in [0.25, 0.3) is 0 Å². The van der Waals surface area contributed by atoms with Crippen LogP contribution in [0.2, 0.25) is 0 Å². The fraction of sp³-hybridized carbons (Fsp3) is 0.531. The molecule has 220 valence electrons. The van der Waals surface area contributed by atoms with Crippen LogP contribution in [-0.4, -0.2) is 87.0 Å². The van der Waals surface area contributed by atoms with Crippen molar-refractivity contribution in [3.8, 4) is 5.75 Å². The minimum Gasteiger partial charge on any atom is -0.497 e. The third-order valence-electron chi connectivity index (χ3n) is 8.59. The normalized spacial score (nSPS) is 18.5. The van der Waals surface area contributed by atoms with Crippen molar-refractivity contribution in [2.45, 2.75) is 44.9 Å². The number of nitrogens with one attached hydrogen (secondary N) is 2. The minimum absolute atomic E-state index is 0.00219. The third-order valence-corrected chi connectivity index (χ3v) is 8.59. The maximum atomic E-state index is 13.4. The summed E-state index contributed by atoms with van der Waals surface area (Å²) in [5.74, 6) is 0.941. The number of benzene rings is 2. The molecular formula is C32H43N5O4. The first-order valence-electron chi connectivity index (χ1n) is 15.1. The molecule has 3 aliphatic rings. The standard InChI is InChI=1S/C32H43N5O4/c1-41-27-11-8-24(9-12-27)22-30(38)36-20-18-35(19-21-36)29-13-10-26(32(40)37-16-5-14-33-15-17-37)23-28(29)34-31(39)25-6-3-2-4-7-25/h8-13,23,25,33H,2-7,14-22H2,1H3,(H,34,39). The van der Waals surface area contributed by atoms with Gasteiger partial charge >= 0.3 is 0 Å². The van der Waals surface area contributed by atoms with Gasteiger partial charge in [-0.15, -0.1) is 0 Å². The molecule has 5 rings (SSSR count). The summed E-state index contributed by atoms with van der Waals surface area (Å²) >= 11 is 0. The molecule has 9 heteroatoms. The van der Waals surface area contributed by atoms with Crippen molar-refractivity contribution in [3.05, 3.63) is 53.6 Å². The summed E-state index contributed by atoms with van der Waals surface area (Å²) in [5.41, 5.74) is 3.16. The number of anilines is 2. The zero-order valence-corrected chi connectivity index (χ0v) is 24.2. The van der Waals surface area contributed by atoms with E-state index in [2.05, 4.69) is 15.5 Å². The highest BCUT2D eigenvalue weighted by Gasteiger charge is 2.27. The van der Waals surface area contributed by atoms with Crippen molar-refractivity contribution in [2.24, 2.45) is 5.92 Å². The van der Waals surface area contributed by atoms with Crippen LogP contribution >= 0.6 is 0 Å². The van der Waals surface area contributed by atoms with Gasteiger partial charge in [0, 0.05) is 57.3 Å². The molecule has 41 heavy (non-hydrogen) atoms. The Morgan fingerprint density at radius 1 is 0.854 bits per heavy atom. The van der Waals surface area contributed by atoms with Crippen LogP contribution in [0.4, 0.5) is 11.4 Å². The van der Waals surface area contributed by atoms with E-state index in [1.54, 1.807) is 7.11 Å². The molecule has 9 nitrogen and oxygen atoms in total. The van der Waals surface area contributed by atoms with E-state index in [4.69, 9.17) is 4.74 Å². The third kappa shape index (κ3) is 7.38. The van der Waals surface area contributed by atoms with Gasteiger partial charge in [-0.1, -0.05) is 31.4 Å². The quantitative estimate of drug-likeness (QED) is 0.537. The second-order valence-corrected chi connectivity index (χ2v) is 11.3. The van der Waals surface area contributed by atoms with Crippen molar-refractivity contribution in [1.29, 1.82) is 0 Å². The van der Waals surface area contributed by atoms with Gasteiger partial charge in [-0.25, -0.2) is 0 Å². The van der Waals surface area contributed by atoms with Gasteiger partial charge < -0.3 is 30.1 Å². The Morgan fingerprint density at radius 2 is 1.61 bits per heavy atom. The average molecular weight is 562 g/mol. The highest BCUT2D eigenvalue weighted by atomic mass is 16.5. The maximum Gasteiger partial charge on any atom is 0.253 e. The Kier molecular flexibility index (Phi) is 9.77. The summed E-state index contributed by atoms with van der Waals surface area (Å²) in [7, 11) is 1.63. The van der Waals surface area contributed by atoms with E-state index in [1.807, 2.05) is 52.3 Å². The molecule has 0 spiro atoms. The lowest BCUT2D eigenvalue weighted by atomic mass is 9.88. The van der Waals surface area contributed by atoms with Crippen LogP contribution in [-0.2, 0) is 16.0 Å². The number of hydrogen-bond acceptors (Lipinski definition) is 6. The first-order valence-corrected chi connectivity index (χ1v) is 15.1. The Balaban J connectivity index is 1.28. The maximum absolute atomic E-state index is 13.4. The average Bonchev–Trinajstić information content (AvgIpc) is 3.31. The Morgan fingerprint density at radius 3 is 2.34 bits per heavy atom. The van der Waals surface area contributed by atoms with Crippen molar-refractivity contribution in [3.63, 3.8) is 0 Å². The van der Waals surface area contributed by atoms with Gasteiger partial charge in [0.05, 0.1) is 24.9 Å². The lowest BCUT2D eigenvalue weighted by Crippen LogP contribution is -2.49. The SMILES string of the molecule is COc1ccc(CC(=O)N2CCN(c3ccc(C(=O)N4CCCNCC4)cc3NC(=O)C3CCCCC3)CC2)cc1. The molecule has 0 unspecified atom stereocenters. The fourth-order valence-electron chi connectivity index (χ4n) is 6.10. The van der Waals surface area contributed by atoms with Crippen molar-refractivity contribution < 1.29 is 19.1 Å². The molecule has 2 heterocycles. The van der Waals surface area contributed by atoms with Crippen molar-refractivity contribution in [1.82, 2.24) is 15.1 Å². The summed E-state index contributed by atoms with van der Waals surface area (Å²) in [4.78, 5) is 45.7. The van der Waals surface area contributed by atoms with Crippen molar-refractivity contribution in [2.75, 3.05) is 69.7 Å². The summed E-state index contributed by atoms with van der Waals surface area (Å²) in [6, 6.07) is 13.3. The van der Waals surface area contributed by atoms with E-state index in [-0.39, 0.29) is 23.6 Å². The number of rotatable bonds is 7. The molecule has 0 atom stereocenters. The molecule has 2 N–H and O–H groups in total. The molecule has 1 aliphatic carbocycles. The zero-order valence-electron chi connectivity index (χ0n) is 24.2. The smallest absolute Gasteiger partial charge is 0.253 e. The molecule has 0 aromatic heterocycles.